The standard InChI is InChI=1S/C8H12N2OS/c1-5-6-3-8(6,7(11)9-2)12-4-10-5/h4-6H,3H2,1-2H3,(H,9,11). The molecule has 1 amide bonds. The lowest BCUT2D eigenvalue weighted by atomic mass is 10.2. The van der Waals surface area contributed by atoms with Crippen LogP contribution < -0.4 is 5.32 Å². The molecule has 0 saturated heterocycles. The molecule has 3 nitrogen and oxygen atoms in total. The number of amides is 1. The summed E-state index contributed by atoms with van der Waals surface area (Å²) in [6, 6.07) is 0.323. The molecular formula is C8H12N2OS. The van der Waals surface area contributed by atoms with Crippen molar-refractivity contribution in [2.45, 2.75) is 24.1 Å². The predicted octanol–water partition coefficient (Wildman–Crippen LogP) is 0.655. The lowest BCUT2D eigenvalue weighted by molar-refractivity contribution is -0.121. The van der Waals surface area contributed by atoms with E-state index in [0.29, 0.717) is 12.0 Å². The highest BCUT2D eigenvalue weighted by atomic mass is 32.2. The monoisotopic (exact) mass is 184 g/mol. The van der Waals surface area contributed by atoms with Gasteiger partial charge in [-0.3, -0.25) is 9.79 Å². The molecule has 0 aromatic heterocycles. The molecule has 2 rings (SSSR count). The second-order valence-electron chi connectivity index (χ2n) is 3.39. The first-order valence-electron chi connectivity index (χ1n) is 4.12. The molecule has 3 unspecified atom stereocenters. The Hall–Kier alpha value is -0.510. The quantitative estimate of drug-likeness (QED) is 0.650. The van der Waals surface area contributed by atoms with Crippen LogP contribution in [0.3, 0.4) is 0 Å². The van der Waals surface area contributed by atoms with Crippen LogP contribution in [0.15, 0.2) is 4.99 Å². The number of nitrogens with zero attached hydrogens (tertiary/aromatic N) is 1. The van der Waals surface area contributed by atoms with Gasteiger partial charge in [-0.1, -0.05) is 11.8 Å². The Morgan fingerprint density at radius 3 is 3.25 bits per heavy atom. The van der Waals surface area contributed by atoms with Crippen LogP contribution in [0.2, 0.25) is 0 Å². The Bertz CT molecular complexity index is 253. The van der Waals surface area contributed by atoms with E-state index in [1.54, 1.807) is 18.8 Å². The van der Waals surface area contributed by atoms with Crippen LogP contribution in [0.1, 0.15) is 13.3 Å². The molecule has 0 aromatic carbocycles. The number of rotatable bonds is 1. The van der Waals surface area contributed by atoms with E-state index < -0.39 is 0 Å². The Morgan fingerprint density at radius 2 is 2.58 bits per heavy atom. The highest BCUT2D eigenvalue weighted by molar-refractivity contribution is 8.14. The van der Waals surface area contributed by atoms with Gasteiger partial charge in [-0.2, -0.15) is 0 Å². The fourth-order valence-corrected chi connectivity index (χ4v) is 3.11. The molecule has 0 spiro atoms. The smallest absolute Gasteiger partial charge is 0.236 e. The van der Waals surface area contributed by atoms with E-state index in [4.69, 9.17) is 0 Å². The van der Waals surface area contributed by atoms with E-state index in [-0.39, 0.29) is 10.7 Å². The lowest BCUT2D eigenvalue weighted by Crippen LogP contribution is -2.36. The number of hydrogen-bond acceptors (Lipinski definition) is 3. The number of nitrogens with one attached hydrogen (secondary N) is 1. The number of hydrogen-bond donors (Lipinski definition) is 1. The lowest BCUT2D eigenvalue weighted by Gasteiger charge is -2.18. The number of aliphatic imine (C=N–C) groups is 1. The summed E-state index contributed by atoms with van der Waals surface area (Å²) < 4.78 is -0.157. The van der Waals surface area contributed by atoms with Crippen molar-refractivity contribution in [1.82, 2.24) is 5.32 Å². The highest BCUT2D eigenvalue weighted by Crippen LogP contribution is 2.58. The van der Waals surface area contributed by atoms with Gasteiger partial charge in [0.2, 0.25) is 5.91 Å². The summed E-state index contributed by atoms with van der Waals surface area (Å²) in [5, 5.41) is 2.72. The first-order valence-corrected chi connectivity index (χ1v) is 5.00. The average molecular weight is 184 g/mol. The first kappa shape index (κ1) is 8.10. The Labute approximate surface area is 76.0 Å². The molecule has 2 aliphatic rings. The van der Waals surface area contributed by atoms with Gasteiger partial charge < -0.3 is 5.32 Å². The minimum absolute atomic E-state index is 0.157. The van der Waals surface area contributed by atoms with Crippen LogP contribution in [0.4, 0.5) is 0 Å². The Kier molecular flexibility index (Phi) is 1.68. The predicted molar refractivity (Wildman–Crippen MR) is 50.4 cm³/mol. The summed E-state index contributed by atoms with van der Waals surface area (Å²) in [6.45, 7) is 2.07. The van der Waals surface area contributed by atoms with Gasteiger partial charge in [-0.05, 0) is 13.3 Å². The molecule has 0 radical (unpaired) electrons. The molecule has 0 aromatic rings. The largest absolute Gasteiger partial charge is 0.358 e. The third-order valence-electron chi connectivity index (χ3n) is 2.71. The zero-order chi connectivity index (χ0) is 8.77. The maximum atomic E-state index is 11.5. The van der Waals surface area contributed by atoms with Crippen molar-refractivity contribution in [3.8, 4) is 0 Å². The minimum Gasteiger partial charge on any atom is -0.358 e. The number of thioether (sulfide) groups is 1. The van der Waals surface area contributed by atoms with Crippen LogP contribution >= 0.6 is 11.8 Å². The SMILES string of the molecule is CNC(=O)C12CC1C(C)N=CS2. The average Bonchev–Trinajstić information content (AvgIpc) is 2.80. The van der Waals surface area contributed by atoms with Gasteiger partial charge in [0.05, 0.1) is 11.6 Å². The molecule has 1 heterocycles. The fraction of sp³-hybridized carbons (Fsp3) is 0.750. The normalized spacial score (nSPS) is 43.5. The van der Waals surface area contributed by atoms with E-state index in [2.05, 4.69) is 17.2 Å². The zero-order valence-corrected chi connectivity index (χ0v) is 8.02. The van der Waals surface area contributed by atoms with Crippen molar-refractivity contribution in [3.05, 3.63) is 0 Å². The molecule has 3 atom stereocenters. The topological polar surface area (TPSA) is 41.5 Å². The van der Waals surface area contributed by atoms with E-state index in [1.807, 2.05) is 5.55 Å². The summed E-state index contributed by atoms with van der Waals surface area (Å²) in [5.74, 6) is 0.628. The van der Waals surface area contributed by atoms with Crippen LogP contribution in [-0.2, 0) is 4.79 Å². The third kappa shape index (κ3) is 0.905. The molecule has 1 aliphatic carbocycles. The van der Waals surface area contributed by atoms with Crippen LogP contribution in [0, 0.1) is 5.92 Å². The fourth-order valence-electron chi connectivity index (χ4n) is 1.81. The number of fused-ring (bicyclic) bond motifs is 1. The van der Waals surface area contributed by atoms with Gasteiger partial charge in [-0.15, -0.1) is 0 Å². The van der Waals surface area contributed by atoms with Crippen molar-refractivity contribution < 1.29 is 4.79 Å². The van der Waals surface area contributed by atoms with Crippen molar-refractivity contribution in [2.24, 2.45) is 10.9 Å². The second-order valence-corrected chi connectivity index (χ2v) is 4.57. The third-order valence-corrected chi connectivity index (χ3v) is 4.02. The number of carbonyl (C=O) groups excluding carboxylic acids is 1. The first-order chi connectivity index (χ1) is 5.70. The van der Waals surface area contributed by atoms with Gasteiger partial charge in [0.1, 0.15) is 4.75 Å². The molecule has 12 heavy (non-hydrogen) atoms. The molecule has 1 N–H and O–H groups in total. The molecule has 1 fully saturated rings. The maximum Gasteiger partial charge on any atom is 0.236 e. The summed E-state index contributed by atoms with van der Waals surface area (Å²) in [4.78, 5) is 15.8. The summed E-state index contributed by atoms with van der Waals surface area (Å²) in [6.07, 6.45) is 0.985. The van der Waals surface area contributed by atoms with Gasteiger partial charge in [0, 0.05) is 13.0 Å². The summed E-state index contributed by atoms with van der Waals surface area (Å²) >= 11 is 1.57. The molecule has 1 aliphatic heterocycles. The van der Waals surface area contributed by atoms with Gasteiger partial charge >= 0.3 is 0 Å². The van der Waals surface area contributed by atoms with Crippen molar-refractivity contribution in [2.75, 3.05) is 7.05 Å². The molecular weight excluding hydrogens is 172 g/mol. The van der Waals surface area contributed by atoms with Crippen LogP contribution in [0.25, 0.3) is 0 Å². The Morgan fingerprint density at radius 1 is 1.83 bits per heavy atom. The van der Waals surface area contributed by atoms with E-state index in [1.165, 1.54) is 0 Å². The second kappa shape index (κ2) is 2.49. The molecule has 4 heteroatoms. The van der Waals surface area contributed by atoms with E-state index in [0.717, 1.165) is 6.42 Å². The summed E-state index contributed by atoms with van der Waals surface area (Å²) in [5.41, 5.74) is 1.82. The van der Waals surface area contributed by atoms with Crippen molar-refractivity contribution in [1.29, 1.82) is 0 Å². The van der Waals surface area contributed by atoms with Crippen molar-refractivity contribution in [3.63, 3.8) is 0 Å². The van der Waals surface area contributed by atoms with Crippen molar-refractivity contribution >= 4 is 23.2 Å². The highest BCUT2D eigenvalue weighted by Gasteiger charge is 2.63. The Balaban J connectivity index is 2.18. The van der Waals surface area contributed by atoms with Crippen LogP contribution in [-0.4, -0.2) is 29.3 Å². The van der Waals surface area contributed by atoms with E-state index >= 15 is 0 Å². The van der Waals surface area contributed by atoms with Gasteiger partial charge in [-0.25, -0.2) is 0 Å². The minimum atomic E-state index is -0.157. The number of carbonyl (C=O) groups is 1. The molecule has 66 valence electrons. The molecule has 1 saturated carbocycles. The van der Waals surface area contributed by atoms with Gasteiger partial charge in [0.25, 0.3) is 0 Å². The zero-order valence-electron chi connectivity index (χ0n) is 7.20. The summed E-state index contributed by atoms with van der Waals surface area (Å²) in [7, 11) is 1.70. The molecule has 0 bridgehead atoms. The maximum absolute atomic E-state index is 11.5. The van der Waals surface area contributed by atoms with E-state index in [9.17, 15) is 4.79 Å². The van der Waals surface area contributed by atoms with Gasteiger partial charge in [0.15, 0.2) is 0 Å². The van der Waals surface area contributed by atoms with Crippen LogP contribution in [0.5, 0.6) is 0 Å².